The van der Waals surface area contributed by atoms with Crippen molar-refractivity contribution in [3.8, 4) is 40.0 Å². The van der Waals surface area contributed by atoms with Crippen molar-refractivity contribution >= 4 is 5.97 Å². The Kier molecular flexibility index (Phi) is 5.98. The Morgan fingerprint density at radius 2 is 1.94 bits per heavy atom. The van der Waals surface area contributed by atoms with Crippen LogP contribution in [0.5, 0.6) is 6.01 Å². The van der Waals surface area contributed by atoms with E-state index in [0.717, 1.165) is 25.7 Å². The van der Waals surface area contributed by atoms with Gasteiger partial charge in [0.25, 0.3) is 0 Å². The van der Waals surface area contributed by atoms with Gasteiger partial charge in [-0.2, -0.15) is 5.10 Å². The summed E-state index contributed by atoms with van der Waals surface area (Å²) in [4.78, 5) is 27.6. The van der Waals surface area contributed by atoms with Gasteiger partial charge in [-0.05, 0) is 49.3 Å². The zero-order chi connectivity index (χ0) is 23.5. The zero-order valence-electron chi connectivity index (χ0n) is 18.0. The molecule has 0 atom stereocenters. The monoisotopic (exact) mass is 464 g/mol. The third kappa shape index (κ3) is 4.77. The molecule has 0 saturated heterocycles. The third-order valence-corrected chi connectivity index (χ3v) is 5.86. The van der Waals surface area contributed by atoms with Crippen LogP contribution in [-0.4, -0.2) is 47.3 Å². The number of carboxylic acid groups (broad SMARTS) is 1. The summed E-state index contributed by atoms with van der Waals surface area (Å²) >= 11 is 0. The lowest BCUT2D eigenvalue weighted by molar-refractivity contribution is -0.138. The van der Waals surface area contributed by atoms with E-state index in [9.17, 15) is 9.18 Å². The second kappa shape index (κ2) is 9.38. The number of nitrogens with zero attached hydrogens (tertiary/aromatic N) is 5. The molecule has 0 radical (unpaired) electrons. The number of aliphatic carboxylic acids is 1. The fraction of sp³-hybridized carbons (Fsp3) is 0.304. The molecular weight excluding hydrogens is 443 g/mol. The Labute approximate surface area is 193 Å². The van der Waals surface area contributed by atoms with E-state index in [1.54, 1.807) is 24.5 Å². The van der Waals surface area contributed by atoms with E-state index in [1.165, 1.54) is 18.7 Å². The SMILES string of the molecule is O=C(O)CC1CCC(Oc2ncc(-c3ccc(-c4n[nH]c(-c5cocn5)n4)c(F)c3)cn2)CC1. The molecule has 2 N–H and O–H groups in total. The summed E-state index contributed by atoms with van der Waals surface area (Å²) in [6.07, 6.45) is 9.20. The van der Waals surface area contributed by atoms with Crippen LogP contribution in [-0.2, 0) is 4.79 Å². The summed E-state index contributed by atoms with van der Waals surface area (Å²) in [5.74, 6) is -0.456. The fourth-order valence-electron chi connectivity index (χ4n) is 4.08. The molecule has 0 spiro atoms. The summed E-state index contributed by atoms with van der Waals surface area (Å²) in [6, 6.07) is 4.97. The summed E-state index contributed by atoms with van der Waals surface area (Å²) in [5.41, 5.74) is 1.97. The lowest BCUT2D eigenvalue weighted by Gasteiger charge is -2.27. The lowest BCUT2D eigenvalue weighted by atomic mass is 9.85. The minimum Gasteiger partial charge on any atom is -0.481 e. The molecule has 1 fully saturated rings. The molecule has 1 aliphatic carbocycles. The molecule has 11 heteroatoms. The van der Waals surface area contributed by atoms with Crippen molar-refractivity contribution in [3.05, 3.63) is 49.1 Å². The van der Waals surface area contributed by atoms with Gasteiger partial charge in [0.15, 0.2) is 18.0 Å². The van der Waals surface area contributed by atoms with E-state index >= 15 is 0 Å². The standard InChI is InChI=1S/C23H21FN6O4/c24-18-8-14(3-6-17(18)21-28-22(30-29-21)19-11-33-12-27-19)15-9-25-23(26-10-15)34-16-4-1-13(2-5-16)7-20(31)32/h3,6,8-13,16H,1-2,4-5,7H2,(H,31,32)(H,28,29,30). The number of hydrogen-bond acceptors (Lipinski definition) is 8. The van der Waals surface area contributed by atoms with Gasteiger partial charge in [0.05, 0.1) is 5.56 Å². The molecule has 0 bridgehead atoms. The first-order valence-corrected chi connectivity index (χ1v) is 10.9. The van der Waals surface area contributed by atoms with Gasteiger partial charge in [-0.15, -0.1) is 0 Å². The molecular formula is C23H21FN6O4. The van der Waals surface area contributed by atoms with Crippen LogP contribution in [0.1, 0.15) is 32.1 Å². The van der Waals surface area contributed by atoms with Gasteiger partial charge in [0, 0.05) is 24.4 Å². The number of H-pyrrole nitrogens is 1. The van der Waals surface area contributed by atoms with Crippen molar-refractivity contribution in [2.45, 2.75) is 38.2 Å². The predicted octanol–water partition coefficient (Wildman–Crippen LogP) is 4.14. The minimum absolute atomic E-state index is 0.0314. The number of hydrogen-bond donors (Lipinski definition) is 2. The van der Waals surface area contributed by atoms with E-state index in [0.29, 0.717) is 22.6 Å². The van der Waals surface area contributed by atoms with E-state index < -0.39 is 11.8 Å². The van der Waals surface area contributed by atoms with Gasteiger partial charge in [0.2, 0.25) is 0 Å². The van der Waals surface area contributed by atoms with Crippen molar-refractivity contribution in [1.82, 2.24) is 30.1 Å². The highest BCUT2D eigenvalue weighted by Crippen LogP contribution is 2.30. The number of nitrogens with one attached hydrogen (secondary N) is 1. The first-order chi connectivity index (χ1) is 16.5. The maximum Gasteiger partial charge on any atom is 0.316 e. The Balaban J connectivity index is 1.23. The van der Waals surface area contributed by atoms with Crippen LogP contribution >= 0.6 is 0 Å². The summed E-state index contributed by atoms with van der Waals surface area (Å²) in [7, 11) is 0. The Morgan fingerprint density at radius 3 is 2.62 bits per heavy atom. The van der Waals surface area contributed by atoms with Gasteiger partial charge in [0.1, 0.15) is 23.9 Å². The lowest BCUT2D eigenvalue weighted by Crippen LogP contribution is -2.25. The van der Waals surface area contributed by atoms with Crippen molar-refractivity contribution in [3.63, 3.8) is 0 Å². The number of aromatic nitrogens is 6. The number of oxazole rings is 1. The highest BCUT2D eigenvalue weighted by atomic mass is 19.1. The number of rotatable bonds is 7. The molecule has 10 nitrogen and oxygen atoms in total. The maximum absolute atomic E-state index is 14.8. The average molecular weight is 464 g/mol. The van der Waals surface area contributed by atoms with Crippen molar-refractivity contribution in [2.24, 2.45) is 5.92 Å². The summed E-state index contributed by atoms with van der Waals surface area (Å²) < 4.78 is 25.6. The average Bonchev–Trinajstić information content (AvgIpc) is 3.53. The highest BCUT2D eigenvalue weighted by Gasteiger charge is 2.24. The van der Waals surface area contributed by atoms with E-state index in [4.69, 9.17) is 14.3 Å². The van der Waals surface area contributed by atoms with Crippen molar-refractivity contribution < 1.29 is 23.4 Å². The summed E-state index contributed by atoms with van der Waals surface area (Å²) in [5, 5.41) is 15.7. The third-order valence-electron chi connectivity index (χ3n) is 5.86. The number of halogens is 1. The molecule has 1 aromatic carbocycles. The number of carbonyl (C=O) groups is 1. The van der Waals surface area contributed by atoms with Crippen LogP contribution in [0.25, 0.3) is 34.0 Å². The summed E-state index contributed by atoms with van der Waals surface area (Å²) in [6.45, 7) is 0. The van der Waals surface area contributed by atoms with Gasteiger partial charge in [-0.25, -0.2) is 24.3 Å². The second-order valence-electron chi connectivity index (χ2n) is 8.19. The molecule has 1 aliphatic rings. The van der Waals surface area contributed by atoms with Crippen molar-refractivity contribution in [1.29, 1.82) is 0 Å². The molecule has 34 heavy (non-hydrogen) atoms. The molecule has 0 amide bonds. The van der Waals surface area contributed by atoms with Crippen LogP contribution < -0.4 is 4.74 Å². The Hall–Kier alpha value is -4.15. The van der Waals surface area contributed by atoms with E-state index in [1.807, 2.05) is 0 Å². The van der Waals surface area contributed by atoms with Crippen LogP contribution in [0.4, 0.5) is 4.39 Å². The van der Waals surface area contributed by atoms with Crippen LogP contribution in [0.3, 0.4) is 0 Å². The first kappa shape index (κ1) is 21.7. The first-order valence-electron chi connectivity index (χ1n) is 10.9. The number of benzene rings is 1. The fourth-order valence-corrected chi connectivity index (χ4v) is 4.08. The van der Waals surface area contributed by atoms with Gasteiger partial charge in [-0.1, -0.05) is 6.07 Å². The molecule has 1 saturated carbocycles. The van der Waals surface area contributed by atoms with Crippen molar-refractivity contribution in [2.75, 3.05) is 0 Å². The van der Waals surface area contributed by atoms with E-state index in [2.05, 4.69) is 30.1 Å². The molecule has 3 aromatic heterocycles. The van der Waals surface area contributed by atoms with Crippen LogP contribution in [0, 0.1) is 11.7 Å². The molecule has 0 unspecified atom stereocenters. The molecule has 4 aromatic rings. The number of carboxylic acids is 1. The number of aromatic amines is 1. The predicted molar refractivity (Wildman–Crippen MR) is 117 cm³/mol. The smallest absolute Gasteiger partial charge is 0.316 e. The molecule has 5 rings (SSSR count). The van der Waals surface area contributed by atoms with Gasteiger partial charge < -0.3 is 14.3 Å². The minimum atomic E-state index is -0.760. The highest BCUT2D eigenvalue weighted by molar-refractivity contribution is 5.68. The largest absolute Gasteiger partial charge is 0.481 e. The molecule has 3 heterocycles. The van der Waals surface area contributed by atoms with Crippen LogP contribution in [0.15, 0.2) is 47.7 Å². The molecule has 0 aliphatic heterocycles. The van der Waals surface area contributed by atoms with Crippen LogP contribution in [0.2, 0.25) is 0 Å². The van der Waals surface area contributed by atoms with Gasteiger partial charge >= 0.3 is 12.0 Å². The maximum atomic E-state index is 14.8. The number of ether oxygens (including phenoxy) is 1. The molecule has 174 valence electrons. The Morgan fingerprint density at radius 1 is 1.15 bits per heavy atom. The Bertz CT molecular complexity index is 1270. The van der Waals surface area contributed by atoms with Gasteiger partial charge in [-0.3, -0.25) is 9.89 Å². The van der Waals surface area contributed by atoms with E-state index in [-0.39, 0.29) is 35.8 Å². The normalized spacial score (nSPS) is 18.0. The second-order valence-corrected chi connectivity index (χ2v) is 8.19. The quantitative estimate of drug-likeness (QED) is 0.413. The topological polar surface area (TPSA) is 140 Å². The zero-order valence-corrected chi connectivity index (χ0v) is 18.0.